The molecule has 3 heteroatoms. The molecule has 0 atom stereocenters. The van der Waals surface area contributed by atoms with Gasteiger partial charge in [-0.15, -0.1) is 0 Å². The Labute approximate surface area is 142 Å². The van der Waals surface area contributed by atoms with Crippen LogP contribution in [-0.4, -0.2) is 6.03 Å². The van der Waals surface area contributed by atoms with Gasteiger partial charge in [0.15, 0.2) is 0 Å². The molecule has 2 amide bonds. The van der Waals surface area contributed by atoms with Crippen molar-refractivity contribution in [3.63, 3.8) is 0 Å². The van der Waals surface area contributed by atoms with Crippen molar-refractivity contribution in [1.29, 1.82) is 0 Å². The van der Waals surface area contributed by atoms with Gasteiger partial charge in [-0.1, -0.05) is 66.2 Å². The molecule has 0 aromatic heterocycles. The van der Waals surface area contributed by atoms with Crippen LogP contribution in [0, 0.1) is 6.92 Å². The van der Waals surface area contributed by atoms with Crippen molar-refractivity contribution in [3.8, 4) is 0 Å². The Balaban J connectivity index is 1.83. The molecule has 0 fully saturated rings. The molecule has 0 heterocycles. The van der Waals surface area contributed by atoms with Crippen molar-refractivity contribution >= 4 is 17.4 Å². The minimum Gasteiger partial charge on any atom is -0.308 e. The van der Waals surface area contributed by atoms with E-state index in [1.807, 2.05) is 91.9 Å². The Kier molecular flexibility index (Phi) is 4.92. The first-order valence-corrected chi connectivity index (χ1v) is 7.96. The monoisotopic (exact) mass is 316 g/mol. The molecule has 0 aliphatic carbocycles. The average molecular weight is 316 g/mol. The van der Waals surface area contributed by atoms with Gasteiger partial charge in [0.05, 0.1) is 6.54 Å². The number of benzene rings is 3. The van der Waals surface area contributed by atoms with Crippen LogP contribution < -0.4 is 10.2 Å². The van der Waals surface area contributed by atoms with Crippen molar-refractivity contribution in [2.24, 2.45) is 0 Å². The van der Waals surface area contributed by atoms with Crippen LogP contribution in [0.1, 0.15) is 11.1 Å². The van der Waals surface area contributed by atoms with E-state index in [2.05, 4.69) is 5.32 Å². The lowest BCUT2D eigenvalue weighted by Gasteiger charge is -2.23. The number of carbonyl (C=O) groups excluding carboxylic acids is 1. The molecule has 120 valence electrons. The zero-order valence-electron chi connectivity index (χ0n) is 13.6. The normalized spacial score (nSPS) is 10.2. The molecule has 3 rings (SSSR count). The molecule has 3 aromatic carbocycles. The van der Waals surface area contributed by atoms with E-state index in [9.17, 15) is 4.79 Å². The average Bonchev–Trinajstić information content (AvgIpc) is 2.63. The molecule has 1 N–H and O–H groups in total. The summed E-state index contributed by atoms with van der Waals surface area (Å²) in [6.45, 7) is 2.54. The maximum absolute atomic E-state index is 12.8. The molecule has 0 saturated carbocycles. The summed E-state index contributed by atoms with van der Waals surface area (Å²) in [6, 6.07) is 27.3. The SMILES string of the molecule is Cc1ccc(NC(=O)N(Cc2ccccc2)c2ccccc2)cc1. The molecule has 3 nitrogen and oxygen atoms in total. The second kappa shape index (κ2) is 7.47. The van der Waals surface area contributed by atoms with Crippen LogP contribution in [0.5, 0.6) is 0 Å². The van der Waals surface area contributed by atoms with Gasteiger partial charge in [0.1, 0.15) is 0 Å². The number of aryl methyl sites for hydroxylation is 1. The molecule has 0 aliphatic heterocycles. The molecule has 3 aromatic rings. The van der Waals surface area contributed by atoms with Gasteiger partial charge in [-0.25, -0.2) is 4.79 Å². The van der Waals surface area contributed by atoms with Crippen LogP contribution in [-0.2, 0) is 6.54 Å². The molecule has 0 spiro atoms. The standard InChI is InChI=1S/C21H20N2O/c1-17-12-14-19(15-13-17)22-21(24)23(20-10-6-3-7-11-20)16-18-8-4-2-5-9-18/h2-15H,16H2,1H3,(H,22,24). The first-order valence-electron chi connectivity index (χ1n) is 7.96. The number of nitrogens with zero attached hydrogens (tertiary/aromatic N) is 1. The number of para-hydroxylation sites is 1. The number of nitrogens with one attached hydrogen (secondary N) is 1. The lowest BCUT2D eigenvalue weighted by molar-refractivity contribution is 0.256. The van der Waals surface area contributed by atoms with Crippen molar-refractivity contribution in [2.45, 2.75) is 13.5 Å². The second-order valence-corrected chi connectivity index (χ2v) is 5.70. The summed E-state index contributed by atoms with van der Waals surface area (Å²) in [7, 11) is 0. The van der Waals surface area contributed by atoms with E-state index in [-0.39, 0.29) is 6.03 Å². The third-order valence-corrected chi connectivity index (χ3v) is 3.80. The Morgan fingerprint density at radius 2 is 1.42 bits per heavy atom. The van der Waals surface area contributed by atoms with Crippen LogP contribution in [0.25, 0.3) is 0 Å². The van der Waals surface area contributed by atoms with Crippen LogP contribution in [0.2, 0.25) is 0 Å². The van der Waals surface area contributed by atoms with Crippen molar-refractivity contribution in [2.75, 3.05) is 10.2 Å². The van der Waals surface area contributed by atoms with Crippen molar-refractivity contribution in [3.05, 3.63) is 96.1 Å². The summed E-state index contributed by atoms with van der Waals surface area (Å²) >= 11 is 0. The Hall–Kier alpha value is -3.07. The molecule has 0 aliphatic rings. The summed E-state index contributed by atoms with van der Waals surface area (Å²) < 4.78 is 0. The smallest absolute Gasteiger partial charge is 0.308 e. The van der Waals surface area contributed by atoms with Gasteiger partial charge in [-0.05, 0) is 36.8 Å². The maximum atomic E-state index is 12.8. The molecular weight excluding hydrogens is 296 g/mol. The fourth-order valence-electron chi connectivity index (χ4n) is 2.48. The van der Waals surface area contributed by atoms with Crippen LogP contribution in [0.15, 0.2) is 84.9 Å². The fraction of sp³-hybridized carbons (Fsp3) is 0.0952. The third-order valence-electron chi connectivity index (χ3n) is 3.80. The van der Waals surface area contributed by atoms with Gasteiger partial charge < -0.3 is 5.32 Å². The predicted molar refractivity (Wildman–Crippen MR) is 99.3 cm³/mol. The molecule has 0 unspecified atom stereocenters. The topological polar surface area (TPSA) is 32.3 Å². The molecule has 0 bridgehead atoms. The van der Waals surface area contributed by atoms with Gasteiger partial charge >= 0.3 is 6.03 Å². The number of hydrogen-bond donors (Lipinski definition) is 1. The number of urea groups is 1. The Morgan fingerprint density at radius 3 is 2.04 bits per heavy atom. The number of anilines is 2. The Morgan fingerprint density at radius 1 is 0.833 bits per heavy atom. The van der Waals surface area contributed by atoms with E-state index >= 15 is 0 Å². The summed E-state index contributed by atoms with van der Waals surface area (Å²) in [5.74, 6) is 0. The van der Waals surface area contributed by atoms with Gasteiger partial charge in [-0.3, -0.25) is 4.90 Å². The third kappa shape index (κ3) is 4.02. The molecule has 24 heavy (non-hydrogen) atoms. The summed E-state index contributed by atoms with van der Waals surface area (Å²) in [4.78, 5) is 14.6. The van der Waals surface area contributed by atoms with Crippen molar-refractivity contribution in [1.82, 2.24) is 0 Å². The lowest BCUT2D eigenvalue weighted by Crippen LogP contribution is -2.34. The number of hydrogen-bond acceptors (Lipinski definition) is 1. The van der Waals surface area contributed by atoms with E-state index in [1.54, 1.807) is 4.90 Å². The number of rotatable bonds is 4. The summed E-state index contributed by atoms with van der Waals surface area (Å²) in [5.41, 5.74) is 3.91. The quantitative estimate of drug-likeness (QED) is 0.702. The first kappa shape index (κ1) is 15.8. The summed E-state index contributed by atoms with van der Waals surface area (Å²) in [5, 5.41) is 2.97. The summed E-state index contributed by atoms with van der Waals surface area (Å²) in [6.07, 6.45) is 0. The number of amides is 2. The van der Waals surface area contributed by atoms with Crippen LogP contribution in [0.4, 0.5) is 16.2 Å². The highest BCUT2D eigenvalue weighted by molar-refractivity contribution is 6.01. The minimum atomic E-state index is -0.145. The highest BCUT2D eigenvalue weighted by atomic mass is 16.2. The first-order chi connectivity index (χ1) is 11.7. The van der Waals surface area contributed by atoms with Gasteiger partial charge in [0.25, 0.3) is 0 Å². The fourth-order valence-corrected chi connectivity index (χ4v) is 2.48. The molecule has 0 radical (unpaired) electrons. The van der Waals surface area contributed by atoms with E-state index < -0.39 is 0 Å². The van der Waals surface area contributed by atoms with Gasteiger partial charge in [-0.2, -0.15) is 0 Å². The van der Waals surface area contributed by atoms with Crippen molar-refractivity contribution < 1.29 is 4.79 Å². The lowest BCUT2D eigenvalue weighted by atomic mass is 10.2. The number of carbonyl (C=O) groups is 1. The zero-order valence-corrected chi connectivity index (χ0v) is 13.6. The highest BCUT2D eigenvalue weighted by Crippen LogP contribution is 2.19. The van der Waals surface area contributed by atoms with E-state index in [1.165, 1.54) is 0 Å². The van der Waals surface area contributed by atoms with Gasteiger partial charge in [0, 0.05) is 11.4 Å². The maximum Gasteiger partial charge on any atom is 0.326 e. The van der Waals surface area contributed by atoms with E-state index in [0.717, 1.165) is 22.5 Å². The zero-order chi connectivity index (χ0) is 16.8. The molecular formula is C21H20N2O. The van der Waals surface area contributed by atoms with Crippen LogP contribution >= 0.6 is 0 Å². The van der Waals surface area contributed by atoms with E-state index in [0.29, 0.717) is 6.54 Å². The van der Waals surface area contributed by atoms with E-state index in [4.69, 9.17) is 0 Å². The Bertz CT molecular complexity index is 783. The highest BCUT2D eigenvalue weighted by Gasteiger charge is 2.16. The van der Waals surface area contributed by atoms with Crippen LogP contribution in [0.3, 0.4) is 0 Å². The largest absolute Gasteiger partial charge is 0.326 e. The van der Waals surface area contributed by atoms with Gasteiger partial charge in [0.2, 0.25) is 0 Å². The molecule has 0 saturated heterocycles. The second-order valence-electron chi connectivity index (χ2n) is 5.70. The predicted octanol–water partition coefficient (Wildman–Crippen LogP) is 5.23. The minimum absolute atomic E-state index is 0.145.